The molecular weight excluding hydrogens is 430 g/mol. The van der Waals surface area contributed by atoms with Crippen molar-refractivity contribution in [3.8, 4) is 0 Å². The van der Waals surface area contributed by atoms with Gasteiger partial charge in [0.2, 0.25) is 0 Å². The highest BCUT2D eigenvalue weighted by Gasteiger charge is 2.32. The molecule has 3 heterocycles. The Morgan fingerprint density at radius 1 is 1.03 bits per heavy atom. The minimum absolute atomic E-state index is 0.0605. The van der Waals surface area contributed by atoms with Gasteiger partial charge in [-0.1, -0.05) is 31.0 Å². The first-order chi connectivity index (χ1) is 14.7. The van der Waals surface area contributed by atoms with Crippen LogP contribution in [-0.4, -0.2) is 45.6 Å². The van der Waals surface area contributed by atoms with Crippen molar-refractivity contribution >= 4 is 27.4 Å². The Morgan fingerprint density at radius 2 is 1.74 bits per heavy atom. The molecule has 0 bridgehead atoms. The second-order valence-corrected chi connectivity index (χ2v) is 12.3. The smallest absolute Gasteiger partial charge is 0.175 e. The molecule has 2 aromatic rings. The van der Waals surface area contributed by atoms with Gasteiger partial charge in [0.25, 0.3) is 0 Å². The number of carbonyl (C=O) groups excluding carboxylic acids is 1. The standard InChI is InChI=1S/C23H33N3O3S2/c1-15-12-21(18(4)25(15)20-10-11-31(28,29)14-20)22(27)13-30-23-24-16(2)17(3)26(23)19-8-6-5-7-9-19/h12,19-20H,5-11,13-14H2,1-4H3. The maximum absolute atomic E-state index is 13.1. The van der Waals surface area contributed by atoms with Crippen LogP contribution in [0.2, 0.25) is 0 Å². The lowest BCUT2D eigenvalue weighted by molar-refractivity contribution is 0.102. The molecular formula is C23H33N3O3S2. The van der Waals surface area contributed by atoms with Gasteiger partial charge in [-0.15, -0.1) is 0 Å². The molecule has 0 aromatic carbocycles. The summed E-state index contributed by atoms with van der Waals surface area (Å²) in [5.41, 5.74) is 4.80. The summed E-state index contributed by atoms with van der Waals surface area (Å²) in [6, 6.07) is 2.35. The molecule has 0 spiro atoms. The molecule has 8 heteroatoms. The average molecular weight is 464 g/mol. The second-order valence-electron chi connectivity index (χ2n) is 9.15. The van der Waals surface area contributed by atoms with E-state index in [9.17, 15) is 13.2 Å². The van der Waals surface area contributed by atoms with Crippen molar-refractivity contribution < 1.29 is 13.2 Å². The second kappa shape index (κ2) is 8.77. The van der Waals surface area contributed by atoms with E-state index in [2.05, 4.69) is 16.1 Å². The number of aryl methyl sites for hydroxylation is 2. The van der Waals surface area contributed by atoms with E-state index in [0.717, 1.165) is 22.2 Å². The summed E-state index contributed by atoms with van der Waals surface area (Å²) in [7, 11) is -2.97. The highest BCUT2D eigenvalue weighted by Crippen LogP contribution is 2.35. The fourth-order valence-corrected chi connectivity index (χ4v) is 8.02. The predicted octanol–water partition coefficient (Wildman–Crippen LogP) is 4.76. The summed E-state index contributed by atoms with van der Waals surface area (Å²) in [6.45, 7) is 8.08. The third-order valence-electron chi connectivity index (χ3n) is 6.98. The van der Waals surface area contributed by atoms with Gasteiger partial charge in [-0.2, -0.15) is 0 Å². The maximum Gasteiger partial charge on any atom is 0.175 e. The SMILES string of the molecule is Cc1nc(SCC(=O)c2cc(C)n(C3CCS(=O)(=O)C3)c2C)n(C2CCCCC2)c1C. The van der Waals surface area contributed by atoms with Crippen molar-refractivity contribution in [2.75, 3.05) is 17.3 Å². The Balaban J connectivity index is 1.51. The van der Waals surface area contributed by atoms with Crippen LogP contribution in [0.1, 0.15) is 83.7 Å². The monoisotopic (exact) mass is 463 g/mol. The molecule has 6 nitrogen and oxygen atoms in total. The minimum atomic E-state index is -2.97. The van der Waals surface area contributed by atoms with Gasteiger partial charge in [-0.3, -0.25) is 4.79 Å². The summed E-state index contributed by atoms with van der Waals surface area (Å²) >= 11 is 1.53. The molecule has 2 fully saturated rings. The van der Waals surface area contributed by atoms with E-state index >= 15 is 0 Å². The van der Waals surface area contributed by atoms with Crippen molar-refractivity contribution in [3.63, 3.8) is 0 Å². The van der Waals surface area contributed by atoms with E-state index in [0.29, 0.717) is 23.8 Å². The minimum Gasteiger partial charge on any atom is -0.344 e. The summed E-state index contributed by atoms with van der Waals surface area (Å²) in [4.78, 5) is 17.9. The van der Waals surface area contributed by atoms with Crippen LogP contribution < -0.4 is 0 Å². The van der Waals surface area contributed by atoms with Gasteiger partial charge in [-0.25, -0.2) is 13.4 Å². The third-order valence-corrected chi connectivity index (χ3v) is 9.69. The van der Waals surface area contributed by atoms with Crippen LogP contribution in [0.5, 0.6) is 0 Å². The lowest BCUT2D eigenvalue weighted by Crippen LogP contribution is -2.16. The fraction of sp³-hybridized carbons (Fsp3) is 0.652. The molecule has 0 radical (unpaired) electrons. The molecule has 1 aliphatic heterocycles. The van der Waals surface area contributed by atoms with Crippen LogP contribution in [0.15, 0.2) is 11.2 Å². The average Bonchev–Trinajstić information content (AvgIpc) is 3.33. The molecule has 2 aliphatic rings. The lowest BCUT2D eigenvalue weighted by atomic mass is 9.95. The quantitative estimate of drug-likeness (QED) is 0.456. The molecule has 0 N–H and O–H groups in total. The zero-order chi connectivity index (χ0) is 22.3. The van der Waals surface area contributed by atoms with Crippen molar-refractivity contribution in [3.05, 3.63) is 34.4 Å². The van der Waals surface area contributed by atoms with E-state index in [1.807, 2.05) is 26.8 Å². The van der Waals surface area contributed by atoms with Gasteiger partial charge in [-0.05, 0) is 53.0 Å². The maximum atomic E-state index is 13.1. The van der Waals surface area contributed by atoms with Crippen LogP contribution in [0.4, 0.5) is 0 Å². The van der Waals surface area contributed by atoms with Crippen LogP contribution in [0.25, 0.3) is 0 Å². The van der Waals surface area contributed by atoms with Crippen molar-refractivity contribution in [1.82, 2.24) is 14.1 Å². The summed E-state index contributed by atoms with van der Waals surface area (Å²) in [5, 5.41) is 0.950. The van der Waals surface area contributed by atoms with Gasteiger partial charge < -0.3 is 9.13 Å². The van der Waals surface area contributed by atoms with E-state index in [-0.39, 0.29) is 23.3 Å². The van der Waals surface area contributed by atoms with Crippen LogP contribution in [-0.2, 0) is 9.84 Å². The zero-order valence-electron chi connectivity index (χ0n) is 19.0. The topological polar surface area (TPSA) is 74.0 Å². The molecule has 31 heavy (non-hydrogen) atoms. The Kier molecular flexibility index (Phi) is 6.41. The molecule has 1 unspecified atom stereocenters. The van der Waals surface area contributed by atoms with Crippen molar-refractivity contribution in [2.24, 2.45) is 0 Å². The number of sulfone groups is 1. The normalized spacial score (nSPS) is 21.6. The van der Waals surface area contributed by atoms with E-state index in [1.54, 1.807) is 0 Å². The number of nitrogens with zero attached hydrogens (tertiary/aromatic N) is 3. The number of Topliss-reactive ketones (excluding diaryl/α,β-unsaturated/α-hetero) is 1. The Hall–Kier alpha value is -1.54. The predicted molar refractivity (Wildman–Crippen MR) is 125 cm³/mol. The first-order valence-electron chi connectivity index (χ1n) is 11.3. The van der Waals surface area contributed by atoms with Gasteiger partial charge in [0.15, 0.2) is 20.8 Å². The first-order valence-corrected chi connectivity index (χ1v) is 14.1. The molecule has 1 saturated carbocycles. The number of ketones is 1. The van der Waals surface area contributed by atoms with Crippen LogP contribution >= 0.6 is 11.8 Å². The third kappa shape index (κ3) is 4.51. The molecule has 1 atom stereocenters. The molecule has 1 saturated heterocycles. The number of rotatable bonds is 6. The molecule has 0 amide bonds. The molecule has 1 aliphatic carbocycles. The fourth-order valence-electron chi connectivity index (χ4n) is 5.28. The first kappa shape index (κ1) is 22.6. The lowest BCUT2D eigenvalue weighted by Gasteiger charge is -2.26. The number of aromatic nitrogens is 3. The number of hydrogen-bond acceptors (Lipinski definition) is 5. The van der Waals surface area contributed by atoms with E-state index < -0.39 is 9.84 Å². The van der Waals surface area contributed by atoms with Gasteiger partial charge in [0, 0.05) is 34.7 Å². The number of hydrogen-bond donors (Lipinski definition) is 0. The van der Waals surface area contributed by atoms with E-state index in [1.165, 1.54) is 49.6 Å². The largest absolute Gasteiger partial charge is 0.344 e. The Morgan fingerprint density at radius 3 is 2.39 bits per heavy atom. The number of carbonyl (C=O) groups is 1. The van der Waals surface area contributed by atoms with Crippen molar-refractivity contribution in [1.29, 1.82) is 0 Å². The molecule has 170 valence electrons. The van der Waals surface area contributed by atoms with Gasteiger partial charge in [0.1, 0.15) is 0 Å². The van der Waals surface area contributed by atoms with Crippen LogP contribution in [0, 0.1) is 27.7 Å². The summed E-state index contributed by atoms with van der Waals surface area (Å²) < 4.78 is 28.3. The molecule has 2 aromatic heterocycles. The van der Waals surface area contributed by atoms with Gasteiger partial charge in [0.05, 0.1) is 23.0 Å². The summed E-state index contributed by atoms with van der Waals surface area (Å²) in [6.07, 6.45) is 6.81. The van der Waals surface area contributed by atoms with Crippen LogP contribution in [0.3, 0.4) is 0 Å². The Bertz CT molecular complexity index is 1090. The van der Waals surface area contributed by atoms with Crippen molar-refractivity contribution in [2.45, 2.75) is 83.5 Å². The summed E-state index contributed by atoms with van der Waals surface area (Å²) in [5.74, 6) is 0.828. The number of imidazole rings is 1. The Labute approximate surface area is 189 Å². The number of thioether (sulfide) groups is 1. The highest BCUT2D eigenvalue weighted by atomic mass is 32.2. The van der Waals surface area contributed by atoms with Gasteiger partial charge >= 0.3 is 0 Å². The highest BCUT2D eigenvalue weighted by molar-refractivity contribution is 7.99. The van der Waals surface area contributed by atoms with E-state index in [4.69, 9.17) is 4.98 Å². The zero-order valence-corrected chi connectivity index (χ0v) is 20.6. The molecule has 4 rings (SSSR count).